The summed E-state index contributed by atoms with van der Waals surface area (Å²) in [5.41, 5.74) is 2.83. The third kappa shape index (κ3) is 5.22. The molecule has 0 aliphatic heterocycles. The van der Waals surface area contributed by atoms with E-state index in [9.17, 15) is 9.59 Å². The van der Waals surface area contributed by atoms with Crippen LogP contribution in [0.3, 0.4) is 0 Å². The fourth-order valence-electron chi connectivity index (χ4n) is 2.67. The van der Waals surface area contributed by atoms with E-state index in [0.717, 1.165) is 11.1 Å². The van der Waals surface area contributed by atoms with E-state index in [1.165, 1.54) is 11.3 Å². The number of rotatable bonds is 6. The van der Waals surface area contributed by atoms with Gasteiger partial charge in [-0.3, -0.25) is 9.59 Å². The average molecular weight is 428 g/mol. The molecule has 2 aromatic carbocycles. The van der Waals surface area contributed by atoms with E-state index in [4.69, 9.17) is 11.6 Å². The maximum absolute atomic E-state index is 12.6. The van der Waals surface area contributed by atoms with Crippen molar-refractivity contribution in [2.75, 3.05) is 11.9 Å². The predicted molar refractivity (Wildman–Crippen MR) is 119 cm³/mol. The molecular formula is C22H22ClN3O2S. The number of halogens is 1. The number of hydrogen-bond acceptors (Lipinski definition) is 4. The Morgan fingerprint density at radius 3 is 2.59 bits per heavy atom. The fraction of sp³-hybridized carbons (Fsp3) is 0.227. The number of carbonyl (C=O) groups is 2. The number of aromatic nitrogens is 1. The number of benzene rings is 2. The number of hydrogen-bond donors (Lipinski definition) is 2. The topological polar surface area (TPSA) is 71.1 Å². The lowest BCUT2D eigenvalue weighted by molar-refractivity contribution is 0.0948. The van der Waals surface area contributed by atoms with Crippen LogP contribution in [0.2, 0.25) is 5.02 Å². The van der Waals surface area contributed by atoms with Crippen LogP contribution in [0.15, 0.2) is 48.7 Å². The molecular weight excluding hydrogens is 406 g/mol. The van der Waals surface area contributed by atoms with Gasteiger partial charge in [-0.25, -0.2) is 4.98 Å². The molecule has 150 valence electrons. The first-order valence-corrected chi connectivity index (χ1v) is 10.5. The summed E-state index contributed by atoms with van der Waals surface area (Å²) >= 11 is 7.49. The van der Waals surface area contributed by atoms with Gasteiger partial charge in [0.2, 0.25) is 0 Å². The van der Waals surface area contributed by atoms with Crippen molar-refractivity contribution in [3.63, 3.8) is 0 Å². The maximum atomic E-state index is 12.6. The first-order valence-electron chi connectivity index (χ1n) is 9.26. The summed E-state index contributed by atoms with van der Waals surface area (Å²) in [5, 5.41) is 7.06. The second-order valence-corrected chi connectivity index (χ2v) is 8.54. The van der Waals surface area contributed by atoms with Gasteiger partial charge in [0.15, 0.2) is 0 Å². The summed E-state index contributed by atoms with van der Waals surface area (Å²) in [6.07, 6.45) is 1.54. The Morgan fingerprint density at radius 2 is 1.90 bits per heavy atom. The van der Waals surface area contributed by atoms with E-state index >= 15 is 0 Å². The van der Waals surface area contributed by atoms with Crippen molar-refractivity contribution >= 4 is 40.4 Å². The number of nitrogens with one attached hydrogen (secondary N) is 2. The lowest BCUT2D eigenvalue weighted by Crippen LogP contribution is -2.27. The molecule has 0 unspecified atom stereocenters. The number of thiazole rings is 1. The molecule has 3 aromatic rings. The van der Waals surface area contributed by atoms with Gasteiger partial charge in [-0.2, -0.15) is 0 Å². The molecule has 0 fully saturated rings. The minimum Gasteiger partial charge on any atom is -0.352 e. The Labute approximate surface area is 179 Å². The van der Waals surface area contributed by atoms with Gasteiger partial charge in [0.05, 0.1) is 11.2 Å². The molecule has 3 rings (SSSR count). The number of amides is 2. The molecule has 0 atom stereocenters. The fourth-order valence-corrected chi connectivity index (χ4v) is 3.80. The smallest absolute Gasteiger partial charge is 0.267 e. The lowest BCUT2D eigenvalue weighted by atomic mass is 10.1. The first kappa shape index (κ1) is 21.0. The molecule has 0 aliphatic rings. The van der Waals surface area contributed by atoms with E-state index in [1.807, 2.05) is 39.0 Å². The summed E-state index contributed by atoms with van der Waals surface area (Å²) < 4.78 is 0. The zero-order chi connectivity index (χ0) is 21.0. The van der Waals surface area contributed by atoms with Crippen LogP contribution in [0.25, 0.3) is 10.6 Å². The van der Waals surface area contributed by atoms with Gasteiger partial charge < -0.3 is 10.6 Å². The minimum absolute atomic E-state index is 0.119. The van der Waals surface area contributed by atoms with Crippen LogP contribution >= 0.6 is 22.9 Å². The van der Waals surface area contributed by atoms with Gasteiger partial charge in [0.25, 0.3) is 11.8 Å². The van der Waals surface area contributed by atoms with Crippen molar-refractivity contribution in [1.29, 1.82) is 0 Å². The molecule has 29 heavy (non-hydrogen) atoms. The van der Waals surface area contributed by atoms with Gasteiger partial charge in [-0.05, 0) is 42.7 Å². The molecule has 0 spiro atoms. The molecule has 0 aliphatic carbocycles. The molecule has 7 heteroatoms. The second-order valence-electron chi connectivity index (χ2n) is 7.10. The highest BCUT2D eigenvalue weighted by Crippen LogP contribution is 2.31. The molecule has 1 heterocycles. The molecule has 0 radical (unpaired) electrons. The quantitative estimate of drug-likeness (QED) is 0.552. The molecule has 2 amide bonds. The van der Waals surface area contributed by atoms with E-state index in [-0.39, 0.29) is 11.8 Å². The second kappa shape index (κ2) is 9.20. The zero-order valence-electron chi connectivity index (χ0n) is 16.5. The Morgan fingerprint density at radius 1 is 1.14 bits per heavy atom. The third-order valence-corrected chi connectivity index (χ3v) is 5.60. The monoisotopic (exact) mass is 427 g/mol. The number of carbonyl (C=O) groups excluding carboxylic acids is 2. The van der Waals surface area contributed by atoms with Crippen molar-refractivity contribution in [3.05, 3.63) is 69.7 Å². The van der Waals surface area contributed by atoms with Gasteiger partial charge in [0.1, 0.15) is 9.88 Å². The van der Waals surface area contributed by atoms with E-state index in [0.29, 0.717) is 38.6 Å². The van der Waals surface area contributed by atoms with Crippen molar-refractivity contribution in [2.45, 2.75) is 20.8 Å². The highest BCUT2D eigenvalue weighted by atomic mass is 35.5. The molecule has 0 saturated heterocycles. The standard InChI is InChI=1S/C22H22ClN3O2S/c1-13(2)11-24-20(27)15-8-9-18(14(3)10-15)26-21(28)19-12-25-22(29-19)16-6-4-5-7-17(16)23/h4-10,12-13H,11H2,1-3H3,(H,24,27)(H,26,28). The summed E-state index contributed by atoms with van der Waals surface area (Å²) in [5.74, 6) is 0.0149. The van der Waals surface area contributed by atoms with Crippen molar-refractivity contribution < 1.29 is 9.59 Å². The third-order valence-electron chi connectivity index (χ3n) is 4.24. The lowest BCUT2D eigenvalue weighted by Gasteiger charge is -2.11. The SMILES string of the molecule is Cc1cc(C(=O)NCC(C)C)ccc1NC(=O)c1cnc(-c2ccccc2Cl)s1. The summed E-state index contributed by atoms with van der Waals surface area (Å²) in [6, 6.07) is 12.6. The minimum atomic E-state index is -0.249. The summed E-state index contributed by atoms with van der Waals surface area (Å²) in [6.45, 7) is 6.56. The Bertz CT molecular complexity index is 1050. The molecule has 2 N–H and O–H groups in total. The number of nitrogens with zero attached hydrogens (tertiary/aromatic N) is 1. The van der Waals surface area contributed by atoms with Crippen LogP contribution in [0.4, 0.5) is 5.69 Å². The molecule has 1 aromatic heterocycles. The normalized spacial score (nSPS) is 10.8. The Hall–Kier alpha value is -2.70. The highest BCUT2D eigenvalue weighted by molar-refractivity contribution is 7.17. The van der Waals surface area contributed by atoms with E-state index in [2.05, 4.69) is 15.6 Å². The summed E-state index contributed by atoms with van der Waals surface area (Å²) in [7, 11) is 0. The van der Waals surface area contributed by atoms with Crippen molar-refractivity contribution in [3.8, 4) is 10.6 Å². The van der Waals surface area contributed by atoms with Gasteiger partial charge in [0, 0.05) is 23.4 Å². The predicted octanol–water partition coefficient (Wildman–Crippen LogP) is 5.41. The van der Waals surface area contributed by atoms with E-state index in [1.54, 1.807) is 30.5 Å². The van der Waals surface area contributed by atoms with Crippen LogP contribution in [0.1, 0.15) is 39.4 Å². The highest BCUT2D eigenvalue weighted by Gasteiger charge is 2.15. The Balaban J connectivity index is 1.71. The Kier molecular flexibility index (Phi) is 6.67. The zero-order valence-corrected chi connectivity index (χ0v) is 18.0. The van der Waals surface area contributed by atoms with Crippen LogP contribution in [-0.4, -0.2) is 23.3 Å². The van der Waals surface area contributed by atoms with Gasteiger partial charge in [-0.1, -0.05) is 43.6 Å². The van der Waals surface area contributed by atoms with Crippen LogP contribution in [0.5, 0.6) is 0 Å². The van der Waals surface area contributed by atoms with Crippen LogP contribution in [0, 0.1) is 12.8 Å². The van der Waals surface area contributed by atoms with Gasteiger partial charge >= 0.3 is 0 Å². The average Bonchev–Trinajstić information content (AvgIpc) is 3.18. The van der Waals surface area contributed by atoms with Gasteiger partial charge in [-0.15, -0.1) is 11.3 Å². The molecule has 0 saturated carbocycles. The maximum Gasteiger partial charge on any atom is 0.267 e. The van der Waals surface area contributed by atoms with E-state index < -0.39 is 0 Å². The van der Waals surface area contributed by atoms with Crippen molar-refractivity contribution in [1.82, 2.24) is 10.3 Å². The van der Waals surface area contributed by atoms with Crippen LogP contribution < -0.4 is 10.6 Å². The largest absolute Gasteiger partial charge is 0.352 e. The number of anilines is 1. The van der Waals surface area contributed by atoms with Crippen molar-refractivity contribution in [2.24, 2.45) is 5.92 Å². The molecule has 5 nitrogen and oxygen atoms in total. The first-order chi connectivity index (χ1) is 13.8. The van der Waals surface area contributed by atoms with Crippen LogP contribution in [-0.2, 0) is 0 Å². The molecule has 0 bridgehead atoms. The number of aryl methyl sites for hydroxylation is 1. The summed E-state index contributed by atoms with van der Waals surface area (Å²) in [4.78, 5) is 29.7.